The number of benzene rings is 1. The summed E-state index contributed by atoms with van der Waals surface area (Å²) in [6.45, 7) is 3.92. The monoisotopic (exact) mass is 434 g/mol. The van der Waals surface area contributed by atoms with Gasteiger partial charge in [0.05, 0.1) is 18.0 Å². The summed E-state index contributed by atoms with van der Waals surface area (Å²) in [5, 5.41) is 15.5. The average Bonchev–Trinajstić information content (AvgIpc) is 3.35. The van der Waals surface area contributed by atoms with Gasteiger partial charge < -0.3 is 20.4 Å². The van der Waals surface area contributed by atoms with Crippen molar-refractivity contribution in [3.63, 3.8) is 0 Å². The van der Waals surface area contributed by atoms with Crippen LogP contribution in [0.25, 0.3) is 33.2 Å². The van der Waals surface area contributed by atoms with Gasteiger partial charge in [-0.3, -0.25) is 4.79 Å². The van der Waals surface area contributed by atoms with E-state index >= 15 is 0 Å². The molecule has 0 unspecified atom stereocenters. The highest BCUT2D eigenvalue weighted by molar-refractivity contribution is 5.99. The molecule has 4 aromatic rings. The van der Waals surface area contributed by atoms with Crippen LogP contribution >= 0.6 is 0 Å². The molecule has 10 heteroatoms. The maximum absolute atomic E-state index is 11.7. The molecular weight excluding hydrogens is 408 g/mol. The summed E-state index contributed by atoms with van der Waals surface area (Å²) in [6.07, 6.45) is 4.04. The van der Waals surface area contributed by atoms with E-state index in [9.17, 15) is 4.79 Å². The highest BCUT2D eigenvalue weighted by atomic mass is 16.5. The van der Waals surface area contributed by atoms with Crippen LogP contribution in [0.15, 0.2) is 24.4 Å². The number of carbonyl (C=O) groups is 1. The highest BCUT2D eigenvalue weighted by Gasteiger charge is 2.41. The number of aromatic nitrogens is 6. The first-order chi connectivity index (χ1) is 15.4. The summed E-state index contributed by atoms with van der Waals surface area (Å²) in [6, 6.07) is 6.19. The number of aromatic amines is 1. The van der Waals surface area contributed by atoms with E-state index in [0.29, 0.717) is 23.9 Å². The third-order valence-electron chi connectivity index (χ3n) is 6.10. The Bertz CT molecular complexity index is 1320. The zero-order valence-corrected chi connectivity index (χ0v) is 18.6. The first-order valence-corrected chi connectivity index (χ1v) is 10.7. The third kappa shape index (κ3) is 3.41. The Balaban J connectivity index is 1.42. The van der Waals surface area contributed by atoms with E-state index in [-0.39, 0.29) is 17.5 Å². The number of nitrogens with one attached hydrogen (secondary N) is 3. The number of rotatable bonds is 6. The Labute approximate surface area is 184 Å². The van der Waals surface area contributed by atoms with Crippen molar-refractivity contribution >= 4 is 33.9 Å². The van der Waals surface area contributed by atoms with Crippen LogP contribution in [0.2, 0.25) is 0 Å². The van der Waals surface area contributed by atoms with Crippen LogP contribution in [0.4, 0.5) is 5.95 Å². The van der Waals surface area contributed by atoms with Gasteiger partial charge in [0.1, 0.15) is 11.2 Å². The molecule has 3 heterocycles. The van der Waals surface area contributed by atoms with Gasteiger partial charge in [-0.1, -0.05) is 18.2 Å². The molecule has 1 amide bonds. The number of anilines is 1. The van der Waals surface area contributed by atoms with E-state index in [2.05, 4.69) is 42.8 Å². The van der Waals surface area contributed by atoms with Crippen LogP contribution in [0, 0.1) is 0 Å². The van der Waals surface area contributed by atoms with Gasteiger partial charge in [0.25, 0.3) is 0 Å². The molecule has 0 spiro atoms. The van der Waals surface area contributed by atoms with E-state index in [0.717, 1.165) is 40.4 Å². The molecule has 0 aliphatic heterocycles. The van der Waals surface area contributed by atoms with Crippen LogP contribution in [0.3, 0.4) is 0 Å². The molecule has 0 saturated heterocycles. The number of nitrogens with zero attached hydrogens (tertiary/aromatic N) is 5. The molecule has 0 atom stereocenters. The van der Waals surface area contributed by atoms with Gasteiger partial charge >= 0.3 is 0 Å². The van der Waals surface area contributed by atoms with E-state index in [4.69, 9.17) is 4.74 Å². The molecule has 10 nitrogen and oxygen atoms in total. The first-order valence-electron chi connectivity index (χ1n) is 10.7. The number of methoxy groups -OCH3 is 1. The van der Waals surface area contributed by atoms with Crippen LogP contribution < -0.4 is 15.4 Å². The van der Waals surface area contributed by atoms with Gasteiger partial charge in [0, 0.05) is 36.8 Å². The van der Waals surface area contributed by atoms with Crippen LogP contribution in [-0.4, -0.2) is 54.5 Å². The number of hydrogen-bond donors (Lipinski definition) is 3. The minimum absolute atomic E-state index is 0.0734. The highest BCUT2D eigenvalue weighted by Crippen LogP contribution is 2.37. The standard InChI is InChI=1S/C22H26N8O2/c1-5-17(31)27-22(2)9-13(10-22)24-21-25-19-18(20(26-21)32-4)14(11-23-19)12-6-7-15-16(8-12)30(3)29-28-15/h6-8,11,13H,5,9-10H2,1-4H3,(H,27,31)(H2,23,24,25,26). The van der Waals surface area contributed by atoms with Crippen molar-refractivity contribution in [2.24, 2.45) is 7.05 Å². The summed E-state index contributed by atoms with van der Waals surface area (Å²) < 4.78 is 7.38. The molecule has 3 aromatic heterocycles. The summed E-state index contributed by atoms with van der Waals surface area (Å²) >= 11 is 0. The van der Waals surface area contributed by atoms with Crippen molar-refractivity contribution in [1.29, 1.82) is 0 Å². The predicted molar refractivity (Wildman–Crippen MR) is 121 cm³/mol. The second-order valence-corrected chi connectivity index (χ2v) is 8.61. The fourth-order valence-corrected chi connectivity index (χ4v) is 4.48. The quantitative estimate of drug-likeness (QED) is 0.426. The number of carbonyl (C=O) groups excluding carboxylic acids is 1. The fraction of sp³-hybridized carbons (Fsp3) is 0.409. The molecule has 166 valence electrons. The second-order valence-electron chi connectivity index (χ2n) is 8.61. The largest absolute Gasteiger partial charge is 0.480 e. The lowest BCUT2D eigenvalue weighted by Gasteiger charge is -2.45. The van der Waals surface area contributed by atoms with E-state index in [1.807, 2.05) is 38.4 Å². The molecular formula is C22H26N8O2. The molecule has 1 aromatic carbocycles. The van der Waals surface area contributed by atoms with Gasteiger partial charge in [-0.25, -0.2) is 4.68 Å². The van der Waals surface area contributed by atoms with Crippen LogP contribution in [-0.2, 0) is 11.8 Å². The molecule has 1 fully saturated rings. The van der Waals surface area contributed by atoms with Crippen molar-refractivity contribution in [3.05, 3.63) is 24.4 Å². The van der Waals surface area contributed by atoms with Crippen molar-refractivity contribution in [1.82, 2.24) is 35.3 Å². The van der Waals surface area contributed by atoms with E-state index in [1.54, 1.807) is 11.8 Å². The third-order valence-corrected chi connectivity index (χ3v) is 6.10. The van der Waals surface area contributed by atoms with Crippen LogP contribution in [0.5, 0.6) is 5.88 Å². The number of H-pyrrole nitrogens is 1. The van der Waals surface area contributed by atoms with E-state index < -0.39 is 0 Å². The SMILES string of the molecule is CCC(=O)NC1(C)CC(Nc2nc(OC)c3c(-c4ccc5nnn(C)c5c4)c[nH]c3n2)C1. The average molecular weight is 435 g/mol. The minimum Gasteiger partial charge on any atom is -0.480 e. The summed E-state index contributed by atoms with van der Waals surface area (Å²) in [5.74, 6) is 1.07. The zero-order chi connectivity index (χ0) is 22.5. The van der Waals surface area contributed by atoms with Gasteiger partial charge in [-0.05, 0) is 37.5 Å². The Kier molecular flexibility index (Phi) is 4.72. The van der Waals surface area contributed by atoms with Gasteiger partial charge in [0.15, 0.2) is 0 Å². The normalized spacial score (nSPS) is 20.3. The topological polar surface area (TPSA) is 123 Å². The van der Waals surface area contributed by atoms with Crippen LogP contribution in [0.1, 0.15) is 33.1 Å². The lowest BCUT2D eigenvalue weighted by atomic mass is 9.74. The van der Waals surface area contributed by atoms with Crippen molar-refractivity contribution in [3.8, 4) is 17.0 Å². The van der Waals surface area contributed by atoms with Gasteiger partial charge in [-0.2, -0.15) is 9.97 Å². The summed E-state index contributed by atoms with van der Waals surface area (Å²) in [5.41, 5.74) is 4.24. The van der Waals surface area contributed by atoms with E-state index in [1.165, 1.54) is 0 Å². The minimum atomic E-state index is -0.183. The predicted octanol–water partition coefficient (Wildman–Crippen LogP) is 2.77. The van der Waals surface area contributed by atoms with Crippen molar-refractivity contribution < 1.29 is 9.53 Å². The molecule has 1 aliphatic rings. The Morgan fingerprint density at radius 2 is 2.16 bits per heavy atom. The molecule has 0 radical (unpaired) electrons. The zero-order valence-electron chi connectivity index (χ0n) is 18.6. The smallest absolute Gasteiger partial charge is 0.228 e. The summed E-state index contributed by atoms with van der Waals surface area (Å²) in [4.78, 5) is 24.3. The second kappa shape index (κ2) is 7.47. The number of aryl methyl sites for hydroxylation is 1. The number of ether oxygens (including phenoxy) is 1. The Morgan fingerprint density at radius 3 is 2.91 bits per heavy atom. The lowest BCUT2D eigenvalue weighted by Crippen LogP contribution is -2.59. The first kappa shape index (κ1) is 20.2. The Hall–Kier alpha value is -3.69. The Morgan fingerprint density at radius 1 is 1.34 bits per heavy atom. The number of fused-ring (bicyclic) bond motifs is 2. The maximum Gasteiger partial charge on any atom is 0.228 e. The molecule has 1 saturated carbocycles. The van der Waals surface area contributed by atoms with Gasteiger partial charge in [0.2, 0.25) is 17.7 Å². The maximum atomic E-state index is 11.7. The van der Waals surface area contributed by atoms with Crippen molar-refractivity contribution in [2.45, 2.75) is 44.7 Å². The summed E-state index contributed by atoms with van der Waals surface area (Å²) in [7, 11) is 3.48. The molecule has 1 aliphatic carbocycles. The van der Waals surface area contributed by atoms with Crippen molar-refractivity contribution in [2.75, 3.05) is 12.4 Å². The fourth-order valence-electron chi connectivity index (χ4n) is 4.48. The molecule has 0 bridgehead atoms. The molecule has 5 rings (SSSR count). The number of hydrogen-bond acceptors (Lipinski definition) is 7. The lowest BCUT2D eigenvalue weighted by molar-refractivity contribution is -0.123. The molecule has 3 N–H and O–H groups in total. The number of amides is 1. The van der Waals surface area contributed by atoms with Gasteiger partial charge in [-0.15, -0.1) is 5.10 Å². The molecule has 32 heavy (non-hydrogen) atoms.